The number of nitrogens with one attached hydrogen (secondary N) is 2. The van der Waals surface area contributed by atoms with E-state index in [0.29, 0.717) is 6.61 Å². The lowest BCUT2D eigenvalue weighted by atomic mass is 9.93. The van der Waals surface area contributed by atoms with Crippen molar-refractivity contribution in [2.24, 2.45) is 0 Å². The fourth-order valence-electron chi connectivity index (χ4n) is 2.30. The van der Waals surface area contributed by atoms with E-state index in [1.54, 1.807) is 0 Å². The molecule has 2 rings (SSSR count). The van der Waals surface area contributed by atoms with Crippen molar-refractivity contribution in [3.63, 3.8) is 0 Å². The highest BCUT2D eigenvalue weighted by molar-refractivity contribution is 5.10. The molecule has 0 amide bonds. The summed E-state index contributed by atoms with van der Waals surface area (Å²) in [5.41, 5.74) is 0.812. The summed E-state index contributed by atoms with van der Waals surface area (Å²) in [6.45, 7) is 4.99. The average Bonchev–Trinajstić information content (AvgIpc) is 2.80. The summed E-state index contributed by atoms with van der Waals surface area (Å²) >= 11 is 0. The average molecular weight is 239 g/mol. The van der Waals surface area contributed by atoms with Gasteiger partial charge in [0.15, 0.2) is 0 Å². The summed E-state index contributed by atoms with van der Waals surface area (Å²) < 4.78 is 11.4. The number of ether oxygens (including phenoxy) is 2. The van der Waals surface area contributed by atoms with Crippen LogP contribution in [0.1, 0.15) is 31.3 Å². The maximum absolute atomic E-state index is 5.95. The van der Waals surface area contributed by atoms with Crippen LogP contribution in [0.15, 0.2) is 6.20 Å². The Labute approximate surface area is 102 Å². The van der Waals surface area contributed by atoms with Crippen molar-refractivity contribution in [1.82, 2.24) is 15.3 Å². The molecule has 0 atom stereocenters. The third-order valence-electron chi connectivity index (χ3n) is 3.15. The van der Waals surface area contributed by atoms with Gasteiger partial charge >= 0.3 is 0 Å². The predicted octanol–water partition coefficient (Wildman–Crippen LogP) is 1.17. The molecular formula is C12H21N3O2. The molecule has 1 aliphatic heterocycles. The van der Waals surface area contributed by atoms with E-state index in [1.165, 1.54) is 0 Å². The van der Waals surface area contributed by atoms with Gasteiger partial charge in [0.25, 0.3) is 0 Å². The van der Waals surface area contributed by atoms with Gasteiger partial charge in [0.1, 0.15) is 11.4 Å². The number of hydrogen-bond donors (Lipinski definition) is 2. The molecule has 1 fully saturated rings. The van der Waals surface area contributed by atoms with E-state index in [9.17, 15) is 0 Å². The number of aromatic amines is 1. The first kappa shape index (κ1) is 12.5. The maximum atomic E-state index is 5.95. The van der Waals surface area contributed by atoms with Crippen LogP contribution < -0.4 is 5.32 Å². The third-order valence-corrected chi connectivity index (χ3v) is 3.15. The Hall–Kier alpha value is -0.910. The molecule has 0 unspecified atom stereocenters. The molecule has 1 aliphatic rings. The van der Waals surface area contributed by atoms with E-state index in [-0.39, 0.29) is 5.60 Å². The lowest BCUT2D eigenvalue weighted by Crippen LogP contribution is -2.37. The summed E-state index contributed by atoms with van der Waals surface area (Å²) in [5.74, 6) is 0.938. The molecule has 1 aromatic heterocycles. The van der Waals surface area contributed by atoms with Crippen LogP contribution in [-0.2, 0) is 21.6 Å². The van der Waals surface area contributed by atoms with Crippen LogP contribution in [0.25, 0.3) is 0 Å². The van der Waals surface area contributed by atoms with Crippen molar-refractivity contribution < 1.29 is 9.47 Å². The van der Waals surface area contributed by atoms with Crippen LogP contribution in [0.3, 0.4) is 0 Å². The molecule has 0 spiro atoms. The first-order valence-corrected chi connectivity index (χ1v) is 6.21. The molecule has 17 heavy (non-hydrogen) atoms. The third kappa shape index (κ3) is 2.68. The summed E-state index contributed by atoms with van der Waals surface area (Å²) in [6, 6.07) is 0. The van der Waals surface area contributed by atoms with Gasteiger partial charge < -0.3 is 19.8 Å². The van der Waals surface area contributed by atoms with Crippen molar-refractivity contribution in [2.75, 3.05) is 26.9 Å². The SMILES string of the molecule is CCOC1(c2ncc(CNC)[nH]2)CCOCC1. The van der Waals surface area contributed by atoms with Crippen LogP contribution in [0.5, 0.6) is 0 Å². The lowest BCUT2D eigenvalue weighted by Gasteiger charge is -2.35. The number of aromatic nitrogens is 2. The van der Waals surface area contributed by atoms with Gasteiger partial charge in [-0.2, -0.15) is 0 Å². The minimum absolute atomic E-state index is 0.279. The Morgan fingerprint density at radius 2 is 2.29 bits per heavy atom. The van der Waals surface area contributed by atoms with E-state index in [4.69, 9.17) is 9.47 Å². The molecule has 2 heterocycles. The van der Waals surface area contributed by atoms with Crippen molar-refractivity contribution in [3.05, 3.63) is 17.7 Å². The second kappa shape index (κ2) is 5.62. The normalized spacial score (nSPS) is 19.4. The highest BCUT2D eigenvalue weighted by atomic mass is 16.5. The molecule has 1 aromatic rings. The summed E-state index contributed by atoms with van der Waals surface area (Å²) in [7, 11) is 1.92. The van der Waals surface area contributed by atoms with Crippen molar-refractivity contribution >= 4 is 0 Å². The molecule has 0 aliphatic carbocycles. The summed E-state index contributed by atoms with van der Waals surface area (Å²) in [5, 5.41) is 3.11. The van der Waals surface area contributed by atoms with E-state index < -0.39 is 0 Å². The molecule has 0 bridgehead atoms. The van der Waals surface area contributed by atoms with Crippen LogP contribution in [0.2, 0.25) is 0 Å². The van der Waals surface area contributed by atoms with Gasteiger partial charge in [0, 0.05) is 51.1 Å². The largest absolute Gasteiger partial charge is 0.381 e. The van der Waals surface area contributed by atoms with Crippen LogP contribution >= 0.6 is 0 Å². The predicted molar refractivity (Wildman–Crippen MR) is 64.7 cm³/mol. The minimum atomic E-state index is -0.279. The Morgan fingerprint density at radius 3 is 2.94 bits per heavy atom. The van der Waals surface area contributed by atoms with E-state index in [0.717, 1.165) is 44.1 Å². The molecule has 0 saturated carbocycles. The van der Waals surface area contributed by atoms with Gasteiger partial charge in [-0.3, -0.25) is 0 Å². The quantitative estimate of drug-likeness (QED) is 0.810. The second-order valence-electron chi connectivity index (χ2n) is 4.33. The van der Waals surface area contributed by atoms with Gasteiger partial charge in [0.05, 0.1) is 0 Å². The summed E-state index contributed by atoms with van der Waals surface area (Å²) in [6.07, 6.45) is 3.61. The zero-order chi connectivity index (χ0) is 12.1. The first-order chi connectivity index (χ1) is 8.30. The van der Waals surface area contributed by atoms with Crippen molar-refractivity contribution in [3.8, 4) is 0 Å². The summed E-state index contributed by atoms with van der Waals surface area (Å²) in [4.78, 5) is 7.83. The minimum Gasteiger partial charge on any atom is -0.381 e. The van der Waals surface area contributed by atoms with Gasteiger partial charge in [0.2, 0.25) is 0 Å². The molecule has 0 radical (unpaired) electrons. The second-order valence-corrected chi connectivity index (χ2v) is 4.33. The number of nitrogens with zero attached hydrogens (tertiary/aromatic N) is 1. The molecule has 0 aromatic carbocycles. The van der Waals surface area contributed by atoms with E-state index in [1.807, 2.05) is 20.2 Å². The highest BCUT2D eigenvalue weighted by Gasteiger charge is 2.37. The van der Waals surface area contributed by atoms with Crippen molar-refractivity contribution in [1.29, 1.82) is 0 Å². The number of H-pyrrole nitrogens is 1. The monoisotopic (exact) mass is 239 g/mol. The van der Waals surface area contributed by atoms with Gasteiger partial charge in [-0.15, -0.1) is 0 Å². The van der Waals surface area contributed by atoms with Crippen LogP contribution in [-0.4, -0.2) is 36.8 Å². The Morgan fingerprint density at radius 1 is 1.53 bits per heavy atom. The molecule has 2 N–H and O–H groups in total. The molecule has 5 heteroatoms. The Kier molecular flexibility index (Phi) is 4.15. The van der Waals surface area contributed by atoms with E-state index in [2.05, 4.69) is 15.3 Å². The number of rotatable bonds is 5. The number of imidazole rings is 1. The molecular weight excluding hydrogens is 218 g/mol. The van der Waals surface area contributed by atoms with Crippen LogP contribution in [0, 0.1) is 0 Å². The first-order valence-electron chi connectivity index (χ1n) is 6.21. The standard InChI is InChI=1S/C12H21N3O2/c1-3-17-12(4-6-16-7-5-12)11-14-9-10(15-11)8-13-2/h9,13H,3-8H2,1-2H3,(H,14,15). The zero-order valence-corrected chi connectivity index (χ0v) is 10.6. The zero-order valence-electron chi connectivity index (χ0n) is 10.6. The highest BCUT2D eigenvalue weighted by Crippen LogP contribution is 2.34. The van der Waals surface area contributed by atoms with Crippen LogP contribution in [0.4, 0.5) is 0 Å². The lowest BCUT2D eigenvalue weighted by molar-refractivity contribution is -0.117. The topological polar surface area (TPSA) is 59.2 Å². The van der Waals surface area contributed by atoms with Gasteiger partial charge in [-0.25, -0.2) is 4.98 Å². The molecule has 96 valence electrons. The van der Waals surface area contributed by atoms with Crippen molar-refractivity contribution in [2.45, 2.75) is 31.9 Å². The van der Waals surface area contributed by atoms with E-state index >= 15 is 0 Å². The van der Waals surface area contributed by atoms with Gasteiger partial charge in [-0.1, -0.05) is 0 Å². The fraction of sp³-hybridized carbons (Fsp3) is 0.750. The maximum Gasteiger partial charge on any atom is 0.138 e. The number of hydrogen-bond acceptors (Lipinski definition) is 4. The van der Waals surface area contributed by atoms with Gasteiger partial charge in [-0.05, 0) is 14.0 Å². The molecule has 1 saturated heterocycles. The Bertz CT molecular complexity index is 340. The smallest absolute Gasteiger partial charge is 0.138 e. The fourth-order valence-corrected chi connectivity index (χ4v) is 2.30. The Balaban J connectivity index is 2.18. The molecule has 5 nitrogen and oxygen atoms in total.